The summed E-state index contributed by atoms with van der Waals surface area (Å²) in [6, 6.07) is 7.94. The number of aromatic nitrogens is 1. The van der Waals surface area contributed by atoms with Crippen molar-refractivity contribution in [2.24, 2.45) is 16.8 Å². The molecule has 470 valence electrons. The first-order valence-electron chi connectivity index (χ1n) is 28.8. The maximum Gasteiger partial charge on any atom is 0.433 e. The van der Waals surface area contributed by atoms with E-state index in [0.29, 0.717) is 44.6 Å². The number of pyridine rings is 1. The molecule has 26 heteroatoms. The van der Waals surface area contributed by atoms with Crippen molar-refractivity contribution in [3.63, 3.8) is 0 Å². The Bertz CT molecular complexity index is 2730. The lowest BCUT2D eigenvalue weighted by Gasteiger charge is -2.38. The van der Waals surface area contributed by atoms with Crippen molar-refractivity contribution in [2.45, 2.75) is 174 Å². The Morgan fingerprint density at radius 3 is 1.87 bits per heavy atom. The molecular formula is C58H89ClF2N9O13S+. The van der Waals surface area contributed by atoms with Gasteiger partial charge in [0, 0.05) is 94.0 Å². The molecule has 0 radical (unpaired) electrons. The van der Waals surface area contributed by atoms with Crippen LogP contribution in [0.1, 0.15) is 140 Å². The van der Waals surface area contributed by atoms with Crippen LogP contribution < -0.4 is 25.8 Å². The smallest absolute Gasteiger partial charge is 0.433 e. The van der Waals surface area contributed by atoms with Gasteiger partial charge in [-0.15, -0.1) is 0 Å². The predicted molar refractivity (Wildman–Crippen MR) is 314 cm³/mol. The molecule has 3 N–H and O–H groups in total. The van der Waals surface area contributed by atoms with E-state index in [2.05, 4.69) is 25.9 Å². The monoisotopic (exact) mass is 1220 g/mol. The number of sulfonamides is 1. The molecule has 1 aromatic carbocycles. The van der Waals surface area contributed by atoms with Crippen LogP contribution in [0.25, 0.3) is 0 Å². The zero-order chi connectivity index (χ0) is 62.5. The van der Waals surface area contributed by atoms with Crippen molar-refractivity contribution in [3.05, 3.63) is 47.1 Å². The minimum absolute atomic E-state index is 0.0159. The zero-order valence-electron chi connectivity index (χ0n) is 50.9. The van der Waals surface area contributed by atoms with E-state index in [-0.39, 0.29) is 129 Å². The lowest BCUT2D eigenvalue weighted by molar-refractivity contribution is -0.921. The molecular weight excluding hydrogens is 1140 g/mol. The summed E-state index contributed by atoms with van der Waals surface area (Å²) < 4.78 is 89.5. The first-order valence-corrected chi connectivity index (χ1v) is 30.7. The molecule has 5 rings (SSSR count). The second-order valence-corrected chi connectivity index (χ2v) is 28.1. The average molecular weight is 1230 g/mol. The van der Waals surface area contributed by atoms with Gasteiger partial charge in [-0.1, -0.05) is 11.6 Å². The topological polar surface area (TPSA) is 254 Å². The molecule has 1 saturated carbocycles. The highest BCUT2D eigenvalue weighted by molar-refractivity contribution is 7.89. The number of hydrogen-bond acceptors (Lipinski definition) is 15. The molecule has 22 nitrogen and oxygen atoms in total. The summed E-state index contributed by atoms with van der Waals surface area (Å²) in [6.45, 7) is 23.0. The quantitative estimate of drug-likeness (QED) is 0.0248. The highest BCUT2D eigenvalue weighted by atomic mass is 35.5. The largest absolute Gasteiger partial charge is 0.456 e. The van der Waals surface area contributed by atoms with Gasteiger partial charge in [0.25, 0.3) is 5.92 Å². The minimum Gasteiger partial charge on any atom is -0.456 e. The third-order valence-electron chi connectivity index (χ3n) is 13.9. The van der Waals surface area contributed by atoms with Gasteiger partial charge in [0.1, 0.15) is 46.5 Å². The zero-order valence-corrected chi connectivity index (χ0v) is 52.5. The molecule has 2 saturated heterocycles. The van der Waals surface area contributed by atoms with Crippen molar-refractivity contribution in [1.29, 1.82) is 0 Å². The second-order valence-electron chi connectivity index (χ2n) is 25.8. The van der Waals surface area contributed by atoms with Crippen LogP contribution in [0.15, 0.2) is 46.3 Å². The van der Waals surface area contributed by atoms with E-state index < -0.39 is 80.7 Å². The molecule has 5 amide bonds. The number of benzene rings is 1. The maximum atomic E-state index is 16.5. The van der Waals surface area contributed by atoms with Gasteiger partial charge in [0.15, 0.2) is 6.54 Å². The SMILES string of the molecule is CC(C)(C)OC(=O)C[N+](CCCCNC(=O)OC(C)(C)C)(CCCNC(=O)OC(C)(C)C)CCOC(=O)NC1CCC(C(F)(F)c2cc(Cl)nc(N3CCN(S(=O)(=O)c4ccc(N5CC(C=NC(=O)OC(C)(C)C)CC5=O)cc4)CC3)c2)CC1. The third-order valence-corrected chi connectivity index (χ3v) is 16.0. The average Bonchev–Trinajstić information content (AvgIpc) is 1.65. The van der Waals surface area contributed by atoms with E-state index in [0.717, 1.165) is 6.07 Å². The standard InChI is InChI=1S/C58H88ClF2N9O13S/c1-54(2,3)80-49(72)39-70(31-15-25-63-51(74)82-56(7,8)9,30-14-13-24-62-50(73)81-55(4,5)6)32-33-79-53(76)65-43-18-16-41(17-19-43)58(60,61)42-35-46(59)66-47(36-42)67-26-28-68(29-27-67)84(77,78)45-22-20-44(21-23-45)69-38-40(34-48(69)71)37-64-52(75)83-57(10,11)12/h20-23,35-37,40-41,43H,13-19,24-34,38-39H2,1-12H3,(H2-,62,63,65,73,74,76)/p+1. The van der Waals surface area contributed by atoms with Gasteiger partial charge in [-0.3, -0.25) is 4.79 Å². The molecule has 2 unspecified atom stereocenters. The number of alkyl halides is 2. The molecule has 2 aliphatic heterocycles. The van der Waals surface area contributed by atoms with Crippen LogP contribution in [0, 0.1) is 11.8 Å². The number of carbonyl (C=O) groups is 6. The first-order chi connectivity index (χ1) is 38.9. The Labute approximate surface area is 499 Å². The fourth-order valence-electron chi connectivity index (χ4n) is 10.1. The Hall–Kier alpha value is -5.92. The number of carbonyl (C=O) groups excluding carboxylic acids is 6. The number of rotatable bonds is 22. The number of nitrogens with one attached hydrogen (secondary N) is 3. The number of halogens is 3. The number of alkyl carbamates (subject to hydrolysis) is 3. The van der Waals surface area contributed by atoms with Crippen LogP contribution in [0.5, 0.6) is 0 Å². The third kappa shape index (κ3) is 22.5. The summed E-state index contributed by atoms with van der Waals surface area (Å²) in [4.78, 5) is 88.0. The molecule has 0 spiro atoms. The number of aliphatic imine (C=N–C) groups is 1. The molecule has 2 aromatic rings. The molecule has 3 aliphatic rings. The summed E-state index contributed by atoms with van der Waals surface area (Å²) in [7, 11) is -3.99. The highest BCUT2D eigenvalue weighted by Crippen LogP contribution is 2.45. The van der Waals surface area contributed by atoms with E-state index >= 15 is 8.78 Å². The van der Waals surface area contributed by atoms with Crippen LogP contribution in [-0.4, -0.2) is 172 Å². The number of anilines is 2. The fourth-order valence-corrected chi connectivity index (χ4v) is 11.7. The van der Waals surface area contributed by atoms with Crippen molar-refractivity contribution in [1.82, 2.24) is 25.2 Å². The van der Waals surface area contributed by atoms with E-state index in [4.69, 9.17) is 35.3 Å². The van der Waals surface area contributed by atoms with Crippen molar-refractivity contribution < 1.29 is 74.1 Å². The Morgan fingerprint density at radius 2 is 1.30 bits per heavy atom. The van der Waals surface area contributed by atoms with E-state index in [1.807, 2.05) is 0 Å². The van der Waals surface area contributed by atoms with Gasteiger partial charge in [-0.05, 0) is 158 Å². The molecule has 3 heterocycles. The Morgan fingerprint density at radius 1 is 0.738 bits per heavy atom. The van der Waals surface area contributed by atoms with E-state index in [1.54, 1.807) is 100 Å². The number of amides is 5. The molecule has 84 heavy (non-hydrogen) atoms. The van der Waals surface area contributed by atoms with Gasteiger partial charge < -0.3 is 53.9 Å². The van der Waals surface area contributed by atoms with Gasteiger partial charge in [0.2, 0.25) is 15.9 Å². The van der Waals surface area contributed by atoms with Gasteiger partial charge in [-0.2, -0.15) is 9.30 Å². The summed E-state index contributed by atoms with van der Waals surface area (Å²) in [6.07, 6.45) is 1.04. The first kappa shape index (κ1) is 68.9. The Kier molecular flexibility index (Phi) is 23.8. The number of unbranched alkanes of at least 4 members (excludes halogenated alkanes) is 1. The van der Waals surface area contributed by atoms with Crippen LogP contribution in [0.3, 0.4) is 0 Å². The second kappa shape index (κ2) is 29.0. The number of ether oxygens (including phenoxy) is 5. The summed E-state index contributed by atoms with van der Waals surface area (Å²) in [5, 5.41) is 8.21. The highest BCUT2D eigenvalue weighted by Gasteiger charge is 2.44. The molecule has 3 fully saturated rings. The van der Waals surface area contributed by atoms with Crippen molar-refractivity contribution in [3.8, 4) is 0 Å². The number of nitrogens with zero attached hydrogens (tertiary/aromatic N) is 6. The Balaban J connectivity index is 1.14. The summed E-state index contributed by atoms with van der Waals surface area (Å²) in [5.41, 5.74) is -2.70. The number of piperazine rings is 1. The van der Waals surface area contributed by atoms with Gasteiger partial charge >= 0.3 is 30.3 Å². The normalized spacial score (nSPS) is 19.3. The fraction of sp³-hybridized carbons (Fsp3) is 0.690. The van der Waals surface area contributed by atoms with Crippen LogP contribution in [-0.2, 0) is 49.2 Å². The van der Waals surface area contributed by atoms with Crippen LogP contribution >= 0.6 is 11.6 Å². The number of esters is 1. The predicted octanol–water partition coefficient (Wildman–Crippen LogP) is 9.36. The lowest BCUT2D eigenvalue weighted by Crippen LogP contribution is -2.56. The molecule has 2 atom stereocenters. The molecule has 1 aliphatic carbocycles. The van der Waals surface area contributed by atoms with E-state index in [1.165, 1.54) is 33.6 Å². The summed E-state index contributed by atoms with van der Waals surface area (Å²) in [5.74, 6) is -5.26. The number of quaternary nitrogens is 1. The van der Waals surface area contributed by atoms with E-state index in [9.17, 15) is 37.2 Å². The van der Waals surface area contributed by atoms with Crippen molar-refractivity contribution >= 4 is 75.6 Å². The summed E-state index contributed by atoms with van der Waals surface area (Å²) >= 11 is 6.40. The maximum absolute atomic E-state index is 16.5. The minimum atomic E-state index is -3.99. The lowest BCUT2D eigenvalue weighted by atomic mass is 9.80. The van der Waals surface area contributed by atoms with Crippen molar-refractivity contribution in [2.75, 3.05) is 88.4 Å². The van der Waals surface area contributed by atoms with Gasteiger partial charge in [-0.25, -0.2) is 46.2 Å². The molecule has 1 aromatic heterocycles. The number of hydrogen-bond donors (Lipinski definition) is 3. The van der Waals surface area contributed by atoms with Crippen LogP contribution in [0.4, 0.5) is 39.5 Å². The van der Waals surface area contributed by atoms with Gasteiger partial charge in [0.05, 0.1) is 18.0 Å². The molecule has 0 bridgehead atoms. The van der Waals surface area contributed by atoms with Crippen LogP contribution in [0.2, 0.25) is 5.15 Å².